The van der Waals surface area contributed by atoms with Crippen LogP contribution in [0.3, 0.4) is 0 Å². The van der Waals surface area contributed by atoms with E-state index in [2.05, 4.69) is 262 Å². The SMILES string of the molecule is [2H]c1c([2H])c([2H])c(-c2ccc3c(c2)c2cc(-n4c5ccc(C(C)(C)C)cc5c5cc(C(C)(C)C)ccc54)cc4c2n3-c2cc3c(c5c2B4c2cc(C(C)(C)C)cc4c6cc(-c7c([2H])c([2H])c([2H])c([2H])c7[2H])ccc6n-5c24)c2cccc4c5ccccc5c5ccccc5c5ccccc5n3c42)c([2H])c1[2H]. The first kappa shape index (κ1) is 45.4. The third-order valence-electron chi connectivity index (χ3n) is 21.3. The summed E-state index contributed by atoms with van der Waals surface area (Å²) in [6, 6.07) is 67.5. The summed E-state index contributed by atoms with van der Waals surface area (Å²) in [5.74, 6) is 0. The van der Waals surface area contributed by atoms with Crippen molar-refractivity contribution in [2.24, 2.45) is 0 Å². The highest BCUT2D eigenvalue weighted by Gasteiger charge is 2.44. The summed E-state index contributed by atoms with van der Waals surface area (Å²) in [7, 11) is 0. The minimum Gasteiger partial charge on any atom is -0.310 e. The molecule has 0 amide bonds. The van der Waals surface area contributed by atoms with Crippen LogP contribution in [0.1, 0.15) is 92.7 Å². The normalized spacial score (nSPS) is 14.8. The van der Waals surface area contributed by atoms with E-state index in [1.165, 1.54) is 11.1 Å². The maximum atomic E-state index is 9.45. The summed E-state index contributed by atoms with van der Waals surface area (Å²) in [4.78, 5) is 0. The van der Waals surface area contributed by atoms with Crippen molar-refractivity contribution in [3.8, 4) is 39.3 Å². The van der Waals surface area contributed by atoms with Crippen molar-refractivity contribution in [1.29, 1.82) is 0 Å². The molecule has 0 atom stereocenters. The second-order valence-corrected chi connectivity index (χ2v) is 29.7. The predicted molar refractivity (Wildman–Crippen MR) is 408 cm³/mol. The third-order valence-corrected chi connectivity index (χ3v) is 21.3. The Morgan fingerprint density at radius 3 is 1.35 bits per heavy atom. The second-order valence-electron chi connectivity index (χ2n) is 29.7. The van der Waals surface area contributed by atoms with Crippen molar-refractivity contribution in [2.75, 3.05) is 0 Å². The van der Waals surface area contributed by atoms with Crippen LogP contribution in [0.5, 0.6) is 0 Å². The van der Waals surface area contributed by atoms with Gasteiger partial charge < -0.3 is 18.1 Å². The Bertz CT molecular complexity index is 7040. The predicted octanol–water partition coefficient (Wildman–Crippen LogP) is 21.9. The van der Waals surface area contributed by atoms with Crippen molar-refractivity contribution in [2.45, 2.75) is 78.6 Å². The Balaban J connectivity index is 1.04. The van der Waals surface area contributed by atoms with Gasteiger partial charge in [-0.05, 0) is 172 Å². The van der Waals surface area contributed by atoms with Crippen molar-refractivity contribution < 1.29 is 13.7 Å². The molecule has 0 unspecified atom stereocenters. The number of rotatable bonds is 3. The van der Waals surface area contributed by atoms with Gasteiger partial charge in [-0.25, -0.2) is 0 Å². The Labute approximate surface area is 566 Å². The molecule has 0 bridgehead atoms. The minimum absolute atomic E-state index is 0.128. The lowest BCUT2D eigenvalue weighted by Crippen LogP contribution is -2.59. The molecule has 4 nitrogen and oxygen atoms in total. The van der Waals surface area contributed by atoms with Crippen LogP contribution in [-0.2, 0) is 16.2 Å². The Kier molecular flexibility index (Phi) is 9.05. The fourth-order valence-electron chi connectivity index (χ4n) is 16.8. The summed E-state index contributed by atoms with van der Waals surface area (Å²) in [6.45, 7) is 19.9. The molecule has 0 fully saturated rings. The number of hydrogen-bond donors (Lipinski definition) is 0. The highest BCUT2D eigenvalue weighted by molar-refractivity contribution is 7.00. The average Bonchev–Trinajstić information content (AvgIpc) is 1.52. The maximum absolute atomic E-state index is 9.45. The minimum atomic E-state index is -0.463. The molecular formula is C90H69BN4. The van der Waals surface area contributed by atoms with Crippen LogP contribution in [0.25, 0.3) is 164 Å². The summed E-state index contributed by atoms with van der Waals surface area (Å²) >= 11 is 0. The van der Waals surface area contributed by atoms with E-state index >= 15 is 0 Å². The standard InChI is InChI=1S/C90H69BN4/c1-88(2,3)56-37-41-76-69(45-56)70-46-57(89(4,5)6)38-42-77(70)92(76)59-49-72-68-44-54(52-23-12-10-13-24-52)35-39-78(68)94-81-51-80-82(66-33-22-32-65-63-30-19-17-28-61(63)60-27-16-18-29-62(60)64-31-20-21-34-75(64)93(80)84(65)66)87-83(81)91(74(50-59)85(72)94)73-48-58(90(7,8)9)47-71-67-43-55(53-25-14-11-15-26-53)36-40-79(67)95(87)86(71)73/h10-51H,1-9H3/i10D,11D,12D,13D,14D,15D,23D,24D,25D,26D. The van der Waals surface area contributed by atoms with Gasteiger partial charge in [0, 0.05) is 76.3 Å². The molecule has 5 aromatic heterocycles. The van der Waals surface area contributed by atoms with Crippen molar-refractivity contribution in [3.63, 3.8) is 0 Å². The van der Waals surface area contributed by atoms with Gasteiger partial charge in [0.05, 0.1) is 58.0 Å². The molecule has 0 radical (unpaired) electrons. The topological polar surface area (TPSA) is 19.2 Å². The van der Waals surface area contributed by atoms with Gasteiger partial charge in [-0.3, -0.25) is 0 Å². The van der Waals surface area contributed by atoms with Crippen LogP contribution < -0.4 is 16.4 Å². The molecule has 0 spiro atoms. The third kappa shape index (κ3) is 7.50. The van der Waals surface area contributed by atoms with Gasteiger partial charge in [0.25, 0.3) is 6.71 Å². The number of fused-ring (bicyclic) bond motifs is 24. The molecule has 5 heteroatoms. The molecule has 0 aliphatic carbocycles. The summed E-state index contributed by atoms with van der Waals surface area (Å²) in [5.41, 5.74) is 19.1. The number of nitrogens with zero attached hydrogens (tertiary/aromatic N) is 4. The Morgan fingerprint density at radius 1 is 0.305 bits per heavy atom. The second kappa shape index (κ2) is 18.9. The first-order valence-corrected chi connectivity index (χ1v) is 33.1. The number of aromatic nitrogens is 4. The lowest BCUT2D eigenvalue weighted by Gasteiger charge is -2.35. The van der Waals surface area contributed by atoms with Crippen LogP contribution in [0, 0.1) is 0 Å². The molecular weight excluding hydrogens is 1150 g/mol. The molecule has 0 saturated carbocycles. The van der Waals surface area contributed by atoms with Gasteiger partial charge >= 0.3 is 0 Å². The van der Waals surface area contributed by atoms with Crippen LogP contribution in [0.15, 0.2) is 255 Å². The average molecular weight is 1230 g/mol. The van der Waals surface area contributed by atoms with Crippen molar-refractivity contribution in [1.82, 2.24) is 18.1 Å². The van der Waals surface area contributed by atoms with Gasteiger partial charge in [-0.2, -0.15) is 0 Å². The van der Waals surface area contributed by atoms with Gasteiger partial charge in [-0.1, -0.05) is 238 Å². The molecule has 452 valence electrons. The van der Waals surface area contributed by atoms with Crippen LogP contribution in [0.2, 0.25) is 0 Å². The largest absolute Gasteiger partial charge is 0.310 e. The molecule has 20 rings (SSSR count). The summed E-state index contributed by atoms with van der Waals surface area (Å²) < 4.78 is 101. The maximum Gasteiger partial charge on any atom is 0.252 e. The first-order valence-electron chi connectivity index (χ1n) is 38.1. The van der Waals surface area contributed by atoms with E-state index in [9.17, 15) is 5.48 Å². The van der Waals surface area contributed by atoms with E-state index < -0.39 is 48.4 Å². The van der Waals surface area contributed by atoms with Crippen molar-refractivity contribution >= 4 is 148 Å². The number of benzene rings is 13. The lowest BCUT2D eigenvalue weighted by atomic mass is 9.34. The van der Waals surface area contributed by atoms with E-state index in [1.807, 2.05) is 12.1 Å². The molecule has 2 aliphatic rings. The quantitative estimate of drug-likeness (QED) is 0.157. The van der Waals surface area contributed by atoms with Gasteiger partial charge in [0.1, 0.15) is 0 Å². The van der Waals surface area contributed by atoms with Crippen LogP contribution in [0.4, 0.5) is 0 Å². The highest BCUT2D eigenvalue weighted by atomic mass is 15.1. The van der Waals surface area contributed by atoms with Crippen LogP contribution >= 0.6 is 0 Å². The Morgan fingerprint density at radius 2 is 0.758 bits per heavy atom. The zero-order chi connectivity index (χ0) is 72.6. The zero-order valence-corrected chi connectivity index (χ0v) is 54.3. The fraction of sp³-hybridized carbons (Fsp3) is 0.133. The molecule has 95 heavy (non-hydrogen) atoms. The van der Waals surface area contributed by atoms with E-state index in [-0.39, 0.29) is 46.1 Å². The van der Waals surface area contributed by atoms with E-state index in [4.69, 9.17) is 8.22 Å². The zero-order valence-electron chi connectivity index (χ0n) is 64.3. The van der Waals surface area contributed by atoms with Crippen LogP contribution in [-0.4, -0.2) is 24.8 Å². The van der Waals surface area contributed by atoms with Gasteiger partial charge in [0.15, 0.2) is 0 Å². The molecule has 13 aromatic carbocycles. The molecule has 0 saturated heterocycles. The smallest absolute Gasteiger partial charge is 0.252 e. The van der Waals surface area contributed by atoms with Crippen molar-refractivity contribution in [3.05, 3.63) is 271 Å². The molecule has 2 aliphatic heterocycles. The lowest BCUT2D eigenvalue weighted by molar-refractivity contribution is 0.590. The van der Waals surface area contributed by atoms with E-state index in [1.54, 1.807) is 0 Å². The monoisotopic (exact) mass is 1230 g/mol. The molecule has 0 N–H and O–H groups in total. The van der Waals surface area contributed by atoms with E-state index in [0.717, 1.165) is 164 Å². The first-order chi connectivity index (χ1) is 50.2. The summed E-state index contributed by atoms with van der Waals surface area (Å²) in [5, 5.41) is 14.6. The van der Waals surface area contributed by atoms with Gasteiger partial charge in [0.2, 0.25) is 0 Å². The fourth-order valence-corrected chi connectivity index (χ4v) is 16.8. The van der Waals surface area contributed by atoms with Gasteiger partial charge in [-0.15, -0.1) is 0 Å². The molecule has 18 aromatic rings. The van der Waals surface area contributed by atoms with E-state index in [0.29, 0.717) is 11.1 Å². The Hall–Kier alpha value is -10.9. The number of para-hydroxylation sites is 2. The highest BCUT2D eigenvalue weighted by Crippen LogP contribution is 2.49. The summed E-state index contributed by atoms with van der Waals surface area (Å²) in [6.07, 6.45) is 0. The molecule has 7 heterocycles. The number of hydrogen-bond acceptors (Lipinski definition) is 0.